The molecule has 3 aliphatic carbocycles. The number of nitrogens with two attached hydrogens (primary N) is 1. The number of carbonyl (C=O) groups excluding carboxylic acids is 3. The summed E-state index contributed by atoms with van der Waals surface area (Å²) in [5.74, 6) is -0.228. The minimum atomic E-state index is -4.72. The van der Waals surface area contributed by atoms with E-state index in [1.165, 1.54) is 28.6 Å². The van der Waals surface area contributed by atoms with Crippen LogP contribution in [-0.2, 0) is 22.6 Å². The van der Waals surface area contributed by atoms with Gasteiger partial charge in [-0.2, -0.15) is 0 Å². The van der Waals surface area contributed by atoms with Gasteiger partial charge in [-0.25, -0.2) is 9.59 Å². The number of aldehydes is 1. The van der Waals surface area contributed by atoms with Crippen LogP contribution in [0.4, 0.5) is 22.8 Å². The SMILES string of the molecule is CC(C)(C)OC(=O)N[C@H]1CCC(n2ccc3cc(Br)ccc32)C1.CC(C)(C)OC(=O)N[C@H]1CCC(n2ccc3cc(C=O)ccc32)C1.N[C@H]1CCC(n2cc(-c3ccc(OC(F)(F)F)cc3)c3cc(CN4CCN(Cc5c(Cl)cccc5Cl)CC4)ccc32)C1. The van der Waals surface area contributed by atoms with E-state index in [2.05, 4.69) is 116 Å². The first-order valence-corrected chi connectivity index (χ1v) is 32.3. The van der Waals surface area contributed by atoms with Gasteiger partial charge >= 0.3 is 18.5 Å². The minimum Gasteiger partial charge on any atom is -0.444 e. The third-order valence-electron chi connectivity index (χ3n) is 17.1. The number of nitrogens with zero attached hydrogens (tertiary/aromatic N) is 5. The summed E-state index contributed by atoms with van der Waals surface area (Å²) in [6, 6.07) is 36.2. The predicted molar refractivity (Wildman–Crippen MR) is 351 cm³/mol. The molecule has 3 saturated carbocycles. The molecule has 6 atom stereocenters. The Balaban J connectivity index is 0.000000158. The normalized spacial score (nSPS) is 20.9. The fourth-order valence-corrected chi connectivity index (χ4v) is 13.8. The number of hydrogen-bond donors (Lipinski definition) is 3. The molecule has 5 aromatic carbocycles. The lowest BCUT2D eigenvalue weighted by Gasteiger charge is -2.35. The molecule has 4 N–H and O–H groups in total. The number of fused-ring (bicyclic) bond motifs is 3. The maximum Gasteiger partial charge on any atom is 0.573 e. The Morgan fingerprint density at radius 1 is 0.629 bits per heavy atom. The third-order valence-corrected chi connectivity index (χ3v) is 18.3. The number of carbonyl (C=O) groups is 3. The molecule has 14 nitrogen and oxygen atoms in total. The predicted octanol–water partition coefficient (Wildman–Crippen LogP) is 17.0. The van der Waals surface area contributed by atoms with E-state index in [0.29, 0.717) is 33.7 Å². The zero-order valence-electron chi connectivity index (χ0n) is 51.3. The van der Waals surface area contributed by atoms with Crippen molar-refractivity contribution < 1.29 is 41.8 Å². The van der Waals surface area contributed by atoms with Crippen LogP contribution in [0.3, 0.4) is 0 Å². The van der Waals surface area contributed by atoms with E-state index < -0.39 is 17.6 Å². The fourth-order valence-electron chi connectivity index (χ4n) is 12.9. The molecule has 0 spiro atoms. The van der Waals surface area contributed by atoms with Crippen LogP contribution in [0.15, 0.2) is 132 Å². The number of benzene rings is 5. The first-order valence-electron chi connectivity index (χ1n) is 30.7. The number of alkyl halides is 3. The molecular formula is C69H80BrCl2F3N8O6. The van der Waals surface area contributed by atoms with Crippen molar-refractivity contribution in [3.63, 3.8) is 0 Å². The summed E-state index contributed by atoms with van der Waals surface area (Å²) in [5.41, 5.74) is 13.5. The largest absolute Gasteiger partial charge is 0.573 e. The number of aromatic nitrogens is 3. The molecule has 20 heteroatoms. The van der Waals surface area contributed by atoms with Crippen molar-refractivity contribution in [2.45, 2.75) is 166 Å². The Hall–Kier alpha value is -6.54. The van der Waals surface area contributed by atoms with Gasteiger partial charge in [0.25, 0.3) is 0 Å². The topological polar surface area (TPSA) is 150 Å². The Bertz CT molecular complexity index is 3750. The first kappa shape index (κ1) is 65.4. The average Bonchev–Trinajstić information content (AvgIpc) is 1.78. The number of piperazine rings is 1. The van der Waals surface area contributed by atoms with Gasteiger partial charge in [0.2, 0.25) is 0 Å². The third kappa shape index (κ3) is 17.3. The monoisotopic (exact) mass is 1320 g/mol. The Labute approximate surface area is 537 Å². The summed E-state index contributed by atoms with van der Waals surface area (Å²) < 4.78 is 60.9. The molecule has 474 valence electrons. The number of ether oxygens (including phenoxy) is 3. The van der Waals surface area contributed by atoms with Gasteiger partial charge < -0.3 is 44.3 Å². The number of amides is 2. The lowest BCUT2D eigenvalue weighted by Crippen LogP contribution is -2.45. The van der Waals surface area contributed by atoms with E-state index >= 15 is 0 Å². The summed E-state index contributed by atoms with van der Waals surface area (Å²) >= 11 is 16.3. The molecule has 4 aliphatic rings. The van der Waals surface area contributed by atoms with Gasteiger partial charge in [-0.05, 0) is 195 Å². The van der Waals surface area contributed by atoms with Crippen molar-refractivity contribution >= 4 is 90.3 Å². The highest BCUT2D eigenvalue weighted by Crippen LogP contribution is 2.40. The molecule has 12 rings (SSSR count). The first-order chi connectivity index (χ1) is 42.3. The lowest BCUT2D eigenvalue weighted by atomic mass is 10.0. The highest BCUT2D eigenvalue weighted by atomic mass is 79.9. The number of nitrogens with one attached hydrogen (secondary N) is 2. The van der Waals surface area contributed by atoms with Gasteiger partial charge in [-0.1, -0.05) is 63.4 Å². The second-order valence-electron chi connectivity index (χ2n) is 26.1. The van der Waals surface area contributed by atoms with Gasteiger partial charge in [-0.15, -0.1) is 13.2 Å². The molecule has 8 aromatic rings. The summed E-state index contributed by atoms with van der Waals surface area (Å²) in [4.78, 5) is 39.6. The van der Waals surface area contributed by atoms with Crippen LogP contribution < -0.4 is 21.1 Å². The molecule has 1 saturated heterocycles. The highest BCUT2D eigenvalue weighted by molar-refractivity contribution is 9.10. The van der Waals surface area contributed by atoms with Gasteiger partial charge in [0.1, 0.15) is 23.2 Å². The molecule has 2 amide bonds. The quantitative estimate of drug-likeness (QED) is 0.102. The van der Waals surface area contributed by atoms with Crippen LogP contribution in [0.25, 0.3) is 43.8 Å². The molecular weight excluding hydrogens is 1240 g/mol. The van der Waals surface area contributed by atoms with Gasteiger partial charge in [0.05, 0.1) is 0 Å². The molecule has 0 radical (unpaired) electrons. The van der Waals surface area contributed by atoms with Crippen molar-refractivity contribution in [3.8, 4) is 16.9 Å². The summed E-state index contributed by atoms with van der Waals surface area (Å²) in [7, 11) is 0. The molecule has 0 bridgehead atoms. The van der Waals surface area contributed by atoms with Crippen molar-refractivity contribution in [2.75, 3.05) is 26.2 Å². The van der Waals surface area contributed by atoms with E-state index in [-0.39, 0.29) is 36.1 Å². The number of hydrogen-bond acceptors (Lipinski definition) is 9. The van der Waals surface area contributed by atoms with Gasteiger partial charge in [0.15, 0.2) is 0 Å². The maximum absolute atomic E-state index is 12.7. The standard InChI is InChI=1S/C32H33Cl2F3N4O.C19H24N2O3.C18H23BrN2O2/c33-29-2-1-3-30(34)28(29)19-40-14-12-39(13-15-40)18-21-4-11-31-26(16-21)27(20-41(31)24-8-7-23(38)17-24)22-5-9-25(10-6-22)42-32(35,36)37;1-19(2,3)24-18(23)20-15-5-6-16(11-15)21-9-8-14-10-13(12-22)4-7-17(14)21;1-18(2,3)23-17(22)20-14-5-6-15(11-14)21-9-8-12-10-13(19)4-7-16(12)21/h1-6,9-11,16,20,23-24H,7-8,12-15,17-19,38H2;4,7-10,12,15-16H,5-6,11H2,1-3H3,(H,20,23);4,7-10,14-15H,5-6,11H2,1-3H3,(H,20,22)/t23-,24?;15-,16?;14-,15?/m000/s1. The Morgan fingerprint density at radius 3 is 1.70 bits per heavy atom. The molecule has 4 fully saturated rings. The number of alkyl carbamates (subject to hydrolysis) is 2. The van der Waals surface area contributed by atoms with Crippen molar-refractivity contribution in [2.24, 2.45) is 5.73 Å². The highest BCUT2D eigenvalue weighted by Gasteiger charge is 2.33. The molecule has 89 heavy (non-hydrogen) atoms. The van der Waals surface area contributed by atoms with E-state index in [1.807, 2.05) is 84.0 Å². The molecule has 3 unspecified atom stereocenters. The van der Waals surface area contributed by atoms with Crippen molar-refractivity contribution in [1.82, 2.24) is 34.1 Å². The summed E-state index contributed by atoms with van der Waals surface area (Å²) in [5, 5.41) is 10.8. The van der Waals surface area contributed by atoms with Crippen LogP contribution in [0, 0.1) is 0 Å². The second kappa shape index (κ2) is 27.9. The van der Waals surface area contributed by atoms with Crippen molar-refractivity contribution in [1.29, 1.82) is 0 Å². The van der Waals surface area contributed by atoms with Gasteiger partial charge in [0, 0.05) is 158 Å². The zero-order chi connectivity index (χ0) is 63.4. The average molecular weight is 1330 g/mol. The van der Waals surface area contributed by atoms with Crippen LogP contribution in [-0.4, -0.2) is 104 Å². The van der Waals surface area contributed by atoms with Crippen LogP contribution >= 0.6 is 39.1 Å². The minimum absolute atomic E-state index is 0.136. The molecule has 4 heterocycles. The fraction of sp³-hybridized carbons (Fsp3) is 0.435. The van der Waals surface area contributed by atoms with E-state index in [1.54, 1.807) is 12.1 Å². The van der Waals surface area contributed by atoms with Crippen molar-refractivity contribution in [3.05, 3.63) is 159 Å². The Morgan fingerprint density at radius 2 is 1.16 bits per heavy atom. The summed E-state index contributed by atoms with van der Waals surface area (Å²) in [6.07, 6.45) is 10.6. The maximum atomic E-state index is 12.7. The van der Waals surface area contributed by atoms with Crippen LogP contribution in [0.1, 0.15) is 139 Å². The molecule has 1 aliphatic heterocycles. The Kier molecular flexibility index (Phi) is 20.5. The van der Waals surface area contributed by atoms with E-state index in [4.69, 9.17) is 38.4 Å². The number of rotatable bonds is 12. The van der Waals surface area contributed by atoms with Crippen LogP contribution in [0.2, 0.25) is 10.0 Å². The summed E-state index contributed by atoms with van der Waals surface area (Å²) in [6.45, 7) is 16.5. The number of halogens is 6. The van der Waals surface area contributed by atoms with Crippen LogP contribution in [0.5, 0.6) is 5.75 Å². The van der Waals surface area contributed by atoms with E-state index in [9.17, 15) is 27.6 Å². The molecule has 3 aromatic heterocycles. The zero-order valence-corrected chi connectivity index (χ0v) is 54.4. The van der Waals surface area contributed by atoms with E-state index in [0.717, 1.165) is 146 Å². The lowest BCUT2D eigenvalue weighted by molar-refractivity contribution is -0.274. The smallest absolute Gasteiger partial charge is 0.444 e. The second-order valence-corrected chi connectivity index (χ2v) is 27.8. The van der Waals surface area contributed by atoms with Gasteiger partial charge in [-0.3, -0.25) is 14.6 Å².